The molecule has 1 atom stereocenters. The molecular weight excluding hydrogens is 386 g/mol. The van der Waals surface area contributed by atoms with Gasteiger partial charge in [0.05, 0.1) is 29.3 Å². The number of para-hydroxylation sites is 1. The molecule has 1 aromatic heterocycles. The molecule has 2 heterocycles. The number of piperazine rings is 1. The van der Waals surface area contributed by atoms with Gasteiger partial charge in [-0.05, 0) is 31.9 Å². The van der Waals surface area contributed by atoms with E-state index >= 15 is 0 Å². The molecule has 156 valence electrons. The molecule has 29 heavy (non-hydrogen) atoms. The number of fused-ring (bicyclic) bond motifs is 1. The van der Waals surface area contributed by atoms with E-state index < -0.39 is 0 Å². The van der Waals surface area contributed by atoms with Crippen LogP contribution in [-0.4, -0.2) is 83.4 Å². The first-order chi connectivity index (χ1) is 14.0. The largest absolute Gasteiger partial charge is 0.352 e. The van der Waals surface area contributed by atoms with Gasteiger partial charge in [-0.1, -0.05) is 12.1 Å². The summed E-state index contributed by atoms with van der Waals surface area (Å²) in [5, 5.41) is 4.08. The summed E-state index contributed by atoms with van der Waals surface area (Å²) in [5.41, 5.74) is 1.07. The molecule has 1 aliphatic carbocycles. The van der Waals surface area contributed by atoms with Gasteiger partial charge in [0.25, 0.3) is 0 Å². The van der Waals surface area contributed by atoms with E-state index in [9.17, 15) is 9.59 Å². The van der Waals surface area contributed by atoms with E-state index in [-0.39, 0.29) is 24.4 Å². The van der Waals surface area contributed by atoms with Gasteiger partial charge >= 0.3 is 0 Å². The molecule has 2 fully saturated rings. The highest BCUT2D eigenvalue weighted by Gasteiger charge is 2.29. The van der Waals surface area contributed by atoms with Gasteiger partial charge in [0, 0.05) is 39.3 Å². The summed E-state index contributed by atoms with van der Waals surface area (Å²) in [6.07, 6.45) is 2.11. The van der Waals surface area contributed by atoms with Gasteiger partial charge in [0.2, 0.25) is 11.8 Å². The monoisotopic (exact) mass is 415 g/mol. The Hall–Kier alpha value is -2.03. The molecule has 1 aromatic carbocycles. The number of carbonyl (C=O) groups excluding carboxylic acids is 2. The van der Waals surface area contributed by atoms with Gasteiger partial charge in [-0.2, -0.15) is 0 Å². The predicted molar refractivity (Wildman–Crippen MR) is 115 cm³/mol. The minimum atomic E-state index is -0.210. The molecule has 8 heteroatoms. The van der Waals surface area contributed by atoms with Crippen molar-refractivity contribution in [3.05, 3.63) is 29.3 Å². The van der Waals surface area contributed by atoms with E-state index in [0.717, 1.165) is 56.1 Å². The van der Waals surface area contributed by atoms with E-state index in [1.165, 1.54) is 4.70 Å². The summed E-state index contributed by atoms with van der Waals surface area (Å²) in [6, 6.07) is 8.36. The second-order valence-electron chi connectivity index (χ2n) is 8.10. The van der Waals surface area contributed by atoms with Gasteiger partial charge in [-0.3, -0.25) is 19.4 Å². The third-order valence-electron chi connectivity index (χ3n) is 5.71. The summed E-state index contributed by atoms with van der Waals surface area (Å²) in [7, 11) is 1.72. The minimum absolute atomic E-state index is 0.00979. The average Bonchev–Trinajstić information content (AvgIpc) is 3.43. The first kappa shape index (κ1) is 20.3. The molecule has 4 rings (SSSR count). The zero-order valence-electron chi connectivity index (χ0n) is 17.1. The molecule has 0 radical (unpaired) electrons. The molecule has 2 amide bonds. The van der Waals surface area contributed by atoms with Crippen molar-refractivity contribution in [2.75, 3.05) is 39.8 Å². The number of aromatic nitrogens is 1. The number of hydrogen-bond donors (Lipinski definition) is 1. The number of amides is 2. The molecule has 7 nitrogen and oxygen atoms in total. The lowest BCUT2D eigenvalue weighted by Crippen LogP contribution is -2.54. The second kappa shape index (κ2) is 8.77. The SMILES string of the molecule is CC(C(=O)N(C)CC(=O)NC1CC1)N1CCN(Cc2nc3ccccc3s2)CC1. The zero-order valence-corrected chi connectivity index (χ0v) is 18.0. The van der Waals surface area contributed by atoms with Crippen molar-refractivity contribution in [3.63, 3.8) is 0 Å². The molecule has 1 saturated heterocycles. The number of rotatable bonds is 7. The Labute approximate surface area is 175 Å². The molecule has 1 aliphatic heterocycles. The van der Waals surface area contributed by atoms with Crippen molar-refractivity contribution in [2.45, 2.75) is 38.4 Å². The highest BCUT2D eigenvalue weighted by Crippen LogP contribution is 2.23. The Balaban J connectivity index is 1.24. The second-order valence-corrected chi connectivity index (χ2v) is 9.21. The van der Waals surface area contributed by atoms with Crippen molar-refractivity contribution in [1.82, 2.24) is 25.0 Å². The van der Waals surface area contributed by atoms with Crippen LogP contribution in [0.4, 0.5) is 0 Å². The Kier molecular flexibility index (Phi) is 6.12. The van der Waals surface area contributed by atoms with Gasteiger partial charge in [0.1, 0.15) is 5.01 Å². The summed E-state index contributed by atoms with van der Waals surface area (Å²) < 4.78 is 1.23. The Morgan fingerprint density at radius 1 is 1.24 bits per heavy atom. The summed E-state index contributed by atoms with van der Waals surface area (Å²) in [5.74, 6) is -0.0493. The summed E-state index contributed by atoms with van der Waals surface area (Å²) in [4.78, 5) is 35.6. The maximum absolute atomic E-state index is 12.7. The fourth-order valence-electron chi connectivity index (χ4n) is 3.76. The number of likely N-dealkylation sites (N-methyl/N-ethyl adjacent to an activating group) is 1. The van der Waals surface area contributed by atoms with E-state index in [4.69, 9.17) is 4.98 Å². The Morgan fingerprint density at radius 3 is 2.66 bits per heavy atom. The van der Waals surface area contributed by atoms with Crippen molar-refractivity contribution >= 4 is 33.4 Å². The first-order valence-corrected chi connectivity index (χ1v) is 11.2. The van der Waals surface area contributed by atoms with Crippen LogP contribution in [0.3, 0.4) is 0 Å². The number of carbonyl (C=O) groups is 2. The van der Waals surface area contributed by atoms with Crippen molar-refractivity contribution < 1.29 is 9.59 Å². The molecule has 0 spiro atoms. The third kappa shape index (κ3) is 5.12. The summed E-state index contributed by atoms with van der Waals surface area (Å²) >= 11 is 1.76. The molecule has 2 aromatic rings. The van der Waals surface area contributed by atoms with Crippen molar-refractivity contribution in [2.24, 2.45) is 0 Å². The van der Waals surface area contributed by atoms with Crippen molar-refractivity contribution in [1.29, 1.82) is 0 Å². The quantitative estimate of drug-likeness (QED) is 0.743. The fraction of sp³-hybridized carbons (Fsp3) is 0.571. The molecular formula is C21H29N5O2S. The first-order valence-electron chi connectivity index (χ1n) is 10.3. The number of nitrogens with one attached hydrogen (secondary N) is 1. The standard InChI is InChI=1S/C21H29N5O2S/c1-15(21(28)24(2)13-19(27)22-16-7-8-16)26-11-9-25(10-12-26)14-20-23-17-5-3-4-6-18(17)29-20/h3-6,15-16H,7-14H2,1-2H3,(H,22,27). The number of hydrogen-bond acceptors (Lipinski definition) is 6. The fourth-order valence-corrected chi connectivity index (χ4v) is 4.77. The molecule has 1 N–H and O–H groups in total. The Bertz CT molecular complexity index is 840. The number of nitrogens with zero attached hydrogens (tertiary/aromatic N) is 4. The van der Waals surface area contributed by atoms with E-state index in [1.54, 1.807) is 23.3 Å². The van der Waals surface area contributed by atoms with E-state index in [1.807, 2.05) is 19.1 Å². The lowest BCUT2D eigenvalue weighted by molar-refractivity contribution is -0.139. The predicted octanol–water partition coefficient (Wildman–Crippen LogP) is 1.54. The zero-order chi connectivity index (χ0) is 20.4. The molecule has 1 unspecified atom stereocenters. The van der Waals surface area contributed by atoms with Crippen LogP contribution in [0.25, 0.3) is 10.2 Å². The minimum Gasteiger partial charge on any atom is -0.352 e. The van der Waals surface area contributed by atoms with Crippen LogP contribution < -0.4 is 5.32 Å². The van der Waals surface area contributed by atoms with Crippen LogP contribution in [0.1, 0.15) is 24.8 Å². The summed E-state index contributed by atoms with van der Waals surface area (Å²) in [6.45, 7) is 6.47. The van der Waals surface area contributed by atoms with Crippen LogP contribution in [-0.2, 0) is 16.1 Å². The normalized spacial score (nSPS) is 19.2. The Morgan fingerprint density at radius 2 is 1.97 bits per heavy atom. The third-order valence-corrected chi connectivity index (χ3v) is 6.73. The average molecular weight is 416 g/mol. The highest BCUT2D eigenvalue weighted by atomic mass is 32.1. The maximum atomic E-state index is 12.7. The van der Waals surface area contributed by atoms with Crippen LogP contribution in [0.2, 0.25) is 0 Å². The van der Waals surface area contributed by atoms with Gasteiger partial charge < -0.3 is 10.2 Å². The van der Waals surface area contributed by atoms with Crippen LogP contribution >= 0.6 is 11.3 Å². The van der Waals surface area contributed by atoms with E-state index in [0.29, 0.717) is 6.04 Å². The number of thiazole rings is 1. The lowest BCUT2D eigenvalue weighted by atomic mass is 10.2. The number of benzene rings is 1. The molecule has 0 bridgehead atoms. The van der Waals surface area contributed by atoms with Crippen LogP contribution in [0.15, 0.2) is 24.3 Å². The highest BCUT2D eigenvalue weighted by molar-refractivity contribution is 7.18. The van der Waals surface area contributed by atoms with Crippen LogP contribution in [0, 0.1) is 0 Å². The van der Waals surface area contributed by atoms with E-state index in [2.05, 4.69) is 27.2 Å². The smallest absolute Gasteiger partial charge is 0.239 e. The lowest BCUT2D eigenvalue weighted by Gasteiger charge is -2.38. The van der Waals surface area contributed by atoms with Gasteiger partial charge in [-0.25, -0.2) is 4.98 Å². The molecule has 1 saturated carbocycles. The maximum Gasteiger partial charge on any atom is 0.239 e. The van der Waals surface area contributed by atoms with Crippen molar-refractivity contribution in [3.8, 4) is 0 Å². The van der Waals surface area contributed by atoms with Crippen LogP contribution in [0.5, 0.6) is 0 Å². The topological polar surface area (TPSA) is 68.8 Å². The van der Waals surface area contributed by atoms with Gasteiger partial charge in [0.15, 0.2) is 0 Å². The molecule has 2 aliphatic rings. The van der Waals surface area contributed by atoms with Gasteiger partial charge in [-0.15, -0.1) is 11.3 Å².